The Balaban J connectivity index is 1.98. The third kappa shape index (κ3) is 4.10. The summed E-state index contributed by atoms with van der Waals surface area (Å²) >= 11 is 0. The standard InChI is InChI=1S/C13H19N5O2S/c1-11(14-2)12-3-5-13(6-4-12)21(19,20)16-8-10-18-9-7-15-17-18/h3-7,9,11,14,16H,8,10H2,1-2H3. The summed E-state index contributed by atoms with van der Waals surface area (Å²) in [4.78, 5) is 0.258. The summed E-state index contributed by atoms with van der Waals surface area (Å²) in [5.41, 5.74) is 1.04. The predicted molar refractivity (Wildman–Crippen MR) is 79.1 cm³/mol. The summed E-state index contributed by atoms with van der Waals surface area (Å²) in [6.07, 6.45) is 3.23. The lowest BCUT2D eigenvalue weighted by Crippen LogP contribution is -2.27. The van der Waals surface area contributed by atoms with Crippen LogP contribution < -0.4 is 10.0 Å². The maximum atomic E-state index is 12.1. The van der Waals surface area contributed by atoms with Crippen LogP contribution in [0.1, 0.15) is 18.5 Å². The highest BCUT2D eigenvalue weighted by atomic mass is 32.2. The van der Waals surface area contributed by atoms with E-state index < -0.39 is 10.0 Å². The SMILES string of the molecule is CNC(C)c1ccc(S(=O)(=O)NCCn2ccnn2)cc1. The van der Waals surface area contributed by atoms with Gasteiger partial charge < -0.3 is 5.32 Å². The van der Waals surface area contributed by atoms with Crippen LogP contribution in [0.5, 0.6) is 0 Å². The predicted octanol–water partition coefficient (Wildman–Crippen LogP) is 0.537. The minimum absolute atomic E-state index is 0.182. The van der Waals surface area contributed by atoms with Gasteiger partial charge in [-0.2, -0.15) is 0 Å². The van der Waals surface area contributed by atoms with E-state index in [2.05, 4.69) is 20.4 Å². The fourth-order valence-corrected chi connectivity index (χ4v) is 2.85. The van der Waals surface area contributed by atoms with Crippen molar-refractivity contribution < 1.29 is 8.42 Å². The van der Waals surface area contributed by atoms with Crippen LogP contribution in [-0.2, 0) is 16.6 Å². The Morgan fingerprint density at radius 1 is 1.29 bits per heavy atom. The summed E-state index contributed by atoms with van der Waals surface area (Å²) < 4.78 is 28.4. The summed E-state index contributed by atoms with van der Waals surface area (Å²) in [5, 5.41) is 10.5. The molecule has 0 radical (unpaired) electrons. The number of hydrogen-bond acceptors (Lipinski definition) is 5. The highest BCUT2D eigenvalue weighted by Crippen LogP contribution is 2.15. The average Bonchev–Trinajstić information content (AvgIpc) is 2.99. The number of hydrogen-bond donors (Lipinski definition) is 2. The Kier molecular flexibility index (Phi) is 5.05. The van der Waals surface area contributed by atoms with E-state index in [0.29, 0.717) is 6.54 Å². The summed E-state index contributed by atoms with van der Waals surface area (Å²) in [6.45, 7) is 2.72. The van der Waals surface area contributed by atoms with Gasteiger partial charge in [0.1, 0.15) is 0 Å². The van der Waals surface area contributed by atoms with Gasteiger partial charge in [-0.15, -0.1) is 5.10 Å². The number of nitrogens with zero attached hydrogens (tertiary/aromatic N) is 3. The molecule has 0 aliphatic heterocycles. The summed E-state index contributed by atoms with van der Waals surface area (Å²) in [7, 11) is -1.63. The first-order chi connectivity index (χ1) is 10.0. The van der Waals surface area contributed by atoms with Gasteiger partial charge in [-0.3, -0.25) is 4.68 Å². The second-order valence-electron chi connectivity index (χ2n) is 4.64. The molecular formula is C13H19N5O2S. The largest absolute Gasteiger partial charge is 0.313 e. The zero-order chi connectivity index (χ0) is 15.3. The maximum Gasteiger partial charge on any atom is 0.240 e. The van der Waals surface area contributed by atoms with Gasteiger partial charge in [-0.25, -0.2) is 13.1 Å². The highest BCUT2D eigenvalue weighted by Gasteiger charge is 2.13. The molecule has 1 unspecified atom stereocenters. The van der Waals surface area contributed by atoms with E-state index >= 15 is 0 Å². The molecule has 1 heterocycles. The molecule has 1 aromatic heterocycles. The third-order valence-electron chi connectivity index (χ3n) is 3.23. The number of rotatable bonds is 7. The van der Waals surface area contributed by atoms with Gasteiger partial charge in [-0.05, 0) is 31.7 Å². The number of sulfonamides is 1. The van der Waals surface area contributed by atoms with Crippen molar-refractivity contribution in [3.63, 3.8) is 0 Å². The maximum absolute atomic E-state index is 12.1. The average molecular weight is 309 g/mol. The van der Waals surface area contributed by atoms with Gasteiger partial charge in [0.25, 0.3) is 0 Å². The van der Waals surface area contributed by atoms with Gasteiger partial charge in [0, 0.05) is 18.8 Å². The molecule has 0 amide bonds. The summed E-state index contributed by atoms with van der Waals surface area (Å²) in [6, 6.07) is 7.03. The van der Waals surface area contributed by atoms with Crippen molar-refractivity contribution in [2.45, 2.75) is 24.4 Å². The van der Waals surface area contributed by atoms with Crippen LogP contribution in [0.4, 0.5) is 0 Å². The molecule has 0 spiro atoms. The van der Waals surface area contributed by atoms with Crippen molar-refractivity contribution in [2.75, 3.05) is 13.6 Å². The Morgan fingerprint density at radius 3 is 2.57 bits per heavy atom. The van der Waals surface area contributed by atoms with Crippen molar-refractivity contribution in [2.24, 2.45) is 0 Å². The Bertz CT molecular complexity index is 652. The van der Waals surface area contributed by atoms with Crippen LogP contribution in [0.2, 0.25) is 0 Å². The van der Waals surface area contributed by atoms with E-state index in [1.54, 1.807) is 29.2 Å². The first-order valence-electron chi connectivity index (χ1n) is 6.64. The Hall–Kier alpha value is -1.77. The normalized spacial score (nSPS) is 13.2. The fourth-order valence-electron chi connectivity index (χ4n) is 1.83. The topological polar surface area (TPSA) is 88.9 Å². The molecule has 1 aromatic carbocycles. The fraction of sp³-hybridized carbons (Fsp3) is 0.385. The molecule has 8 heteroatoms. The lowest BCUT2D eigenvalue weighted by atomic mass is 10.1. The second-order valence-corrected chi connectivity index (χ2v) is 6.41. The van der Waals surface area contributed by atoms with Gasteiger partial charge in [-0.1, -0.05) is 17.3 Å². The summed E-state index contributed by atoms with van der Waals surface area (Å²) in [5.74, 6) is 0. The molecule has 0 saturated carbocycles. The first kappa shape index (κ1) is 15.6. The lowest BCUT2D eigenvalue weighted by molar-refractivity contribution is 0.552. The van der Waals surface area contributed by atoms with E-state index in [1.165, 1.54) is 0 Å². The monoisotopic (exact) mass is 309 g/mol. The number of benzene rings is 1. The quantitative estimate of drug-likeness (QED) is 0.779. The zero-order valence-electron chi connectivity index (χ0n) is 12.0. The van der Waals surface area contributed by atoms with E-state index in [9.17, 15) is 8.42 Å². The molecule has 114 valence electrons. The van der Waals surface area contributed by atoms with Gasteiger partial charge in [0.15, 0.2) is 0 Å². The van der Waals surface area contributed by atoms with Crippen LogP contribution >= 0.6 is 0 Å². The molecule has 7 nitrogen and oxygen atoms in total. The molecule has 0 bridgehead atoms. The molecule has 21 heavy (non-hydrogen) atoms. The molecule has 0 aliphatic carbocycles. The van der Waals surface area contributed by atoms with Crippen molar-refractivity contribution in [1.82, 2.24) is 25.0 Å². The van der Waals surface area contributed by atoms with Gasteiger partial charge in [0.2, 0.25) is 10.0 Å². The van der Waals surface area contributed by atoms with Gasteiger partial charge >= 0.3 is 0 Å². The van der Waals surface area contributed by atoms with Crippen LogP contribution in [0, 0.1) is 0 Å². The molecule has 0 aliphatic rings. The second kappa shape index (κ2) is 6.79. The van der Waals surface area contributed by atoms with E-state index in [0.717, 1.165) is 5.56 Å². The number of nitrogens with one attached hydrogen (secondary N) is 2. The minimum atomic E-state index is -3.49. The lowest BCUT2D eigenvalue weighted by Gasteiger charge is -2.11. The smallest absolute Gasteiger partial charge is 0.240 e. The Morgan fingerprint density at radius 2 is 2.00 bits per heavy atom. The van der Waals surface area contributed by atoms with Crippen LogP contribution in [0.15, 0.2) is 41.6 Å². The van der Waals surface area contributed by atoms with Crippen molar-refractivity contribution in [3.05, 3.63) is 42.2 Å². The Labute approximate surface area is 124 Å². The molecule has 2 rings (SSSR count). The van der Waals surface area contributed by atoms with Crippen molar-refractivity contribution in [3.8, 4) is 0 Å². The van der Waals surface area contributed by atoms with Crippen LogP contribution in [0.25, 0.3) is 0 Å². The van der Waals surface area contributed by atoms with E-state index in [1.807, 2.05) is 26.1 Å². The molecule has 2 aromatic rings. The third-order valence-corrected chi connectivity index (χ3v) is 4.71. The molecule has 0 fully saturated rings. The van der Waals surface area contributed by atoms with E-state index in [-0.39, 0.29) is 17.5 Å². The zero-order valence-corrected chi connectivity index (χ0v) is 12.8. The molecule has 0 saturated heterocycles. The van der Waals surface area contributed by atoms with Gasteiger partial charge in [0.05, 0.1) is 17.6 Å². The van der Waals surface area contributed by atoms with Crippen LogP contribution in [-0.4, -0.2) is 37.0 Å². The molecule has 2 N–H and O–H groups in total. The van der Waals surface area contributed by atoms with Crippen molar-refractivity contribution in [1.29, 1.82) is 0 Å². The molecule has 1 atom stereocenters. The van der Waals surface area contributed by atoms with Crippen LogP contribution in [0.3, 0.4) is 0 Å². The molecular weight excluding hydrogens is 290 g/mol. The highest BCUT2D eigenvalue weighted by molar-refractivity contribution is 7.89. The first-order valence-corrected chi connectivity index (χ1v) is 8.12. The van der Waals surface area contributed by atoms with Crippen molar-refractivity contribution >= 4 is 10.0 Å². The number of aromatic nitrogens is 3. The van der Waals surface area contributed by atoms with E-state index in [4.69, 9.17) is 0 Å². The minimum Gasteiger partial charge on any atom is -0.313 e.